The average molecular weight is 264 g/mol. The third-order valence-electron chi connectivity index (χ3n) is 3.71. The van der Waals surface area contributed by atoms with Crippen LogP contribution in [0.1, 0.15) is 22.4 Å². The van der Waals surface area contributed by atoms with Crippen LogP contribution in [0.4, 0.5) is 5.69 Å². The lowest BCUT2D eigenvalue weighted by Crippen LogP contribution is -2.30. The number of nitrogens with zero attached hydrogens (tertiary/aromatic N) is 3. The highest BCUT2D eigenvalue weighted by molar-refractivity contribution is 5.45. The molecule has 0 atom stereocenters. The number of pyridine rings is 1. The van der Waals surface area contributed by atoms with Crippen LogP contribution >= 0.6 is 0 Å². The number of fused-ring (bicyclic) bond motifs is 1. The molecule has 20 heavy (non-hydrogen) atoms. The van der Waals surface area contributed by atoms with E-state index in [-0.39, 0.29) is 0 Å². The predicted molar refractivity (Wildman–Crippen MR) is 77.6 cm³/mol. The summed E-state index contributed by atoms with van der Waals surface area (Å²) in [5.74, 6) is 0. The summed E-state index contributed by atoms with van der Waals surface area (Å²) in [6.45, 7) is 2.63. The Bertz CT molecular complexity index is 672. The first kappa shape index (κ1) is 12.6. The molecule has 0 fully saturated rings. The van der Waals surface area contributed by atoms with Gasteiger partial charge in [0.1, 0.15) is 11.8 Å². The zero-order valence-electron chi connectivity index (χ0n) is 11.2. The van der Waals surface area contributed by atoms with Gasteiger partial charge >= 0.3 is 0 Å². The second-order valence-corrected chi connectivity index (χ2v) is 5.11. The molecule has 1 aliphatic heterocycles. The molecule has 0 radical (unpaired) electrons. The first-order chi connectivity index (χ1) is 9.76. The van der Waals surface area contributed by atoms with Crippen molar-refractivity contribution in [3.63, 3.8) is 0 Å². The predicted octanol–water partition coefficient (Wildman–Crippen LogP) is 2.09. The second kappa shape index (κ2) is 5.32. The molecular formula is C16H16N4. The largest absolute Gasteiger partial charge is 0.399 e. The third-order valence-corrected chi connectivity index (χ3v) is 3.71. The Labute approximate surface area is 118 Å². The minimum atomic E-state index is 0.519. The molecule has 3 rings (SSSR count). The van der Waals surface area contributed by atoms with E-state index < -0.39 is 0 Å². The van der Waals surface area contributed by atoms with Crippen LogP contribution in [-0.4, -0.2) is 16.4 Å². The maximum atomic E-state index is 9.09. The van der Waals surface area contributed by atoms with E-state index in [4.69, 9.17) is 11.0 Å². The zero-order chi connectivity index (χ0) is 13.9. The van der Waals surface area contributed by atoms with E-state index in [1.807, 2.05) is 18.2 Å². The van der Waals surface area contributed by atoms with Gasteiger partial charge in [0, 0.05) is 37.1 Å². The van der Waals surface area contributed by atoms with E-state index >= 15 is 0 Å². The van der Waals surface area contributed by atoms with E-state index in [0.29, 0.717) is 5.69 Å². The van der Waals surface area contributed by atoms with E-state index in [1.165, 1.54) is 11.1 Å². The molecule has 2 N–H and O–H groups in total. The molecule has 0 aliphatic carbocycles. The third kappa shape index (κ3) is 2.49. The molecule has 0 spiro atoms. The molecular weight excluding hydrogens is 248 g/mol. The van der Waals surface area contributed by atoms with Gasteiger partial charge in [-0.05, 0) is 35.7 Å². The molecule has 1 aliphatic rings. The van der Waals surface area contributed by atoms with Crippen molar-refractivity contribution in [1.82, 2.24) is 9.88 Å². The summed E-state index contributed by atoms with van der Waals surface area (Å²) in [6, 6.07) is 12.1. The van der Waals surface area contributed by atoms with E-state index in [9.17, 15) is 0 Å². The number of rotatable bonds is 2. The van der Waals surface area contributed by atoms with Gasteiger partial charge in [-0.15, -0.1) is 0 Å². The van der Waals surface area contributed by atoms with Gasteiger partial charge in [0.2, 0.25) is 0 Å². The summed E-state index contributed by atoms with van der Waals surface area (Å²) in [4.78, 5) is 6.45. The van der Waals surface area contributed by atoms with E-state index in [2.05, 4.69) is 28.1 Å². The number of benzene rings is 1. The van der Waals surface area contributed by atoms with Crippen LogP contribution in [0.3, 0.4) is 0 Å². The molecule has 2 heterocycles. The van der Waals surface area contributed by atoms with Crippen LogP contribution in [0, 0.1) is 11.3 Å². The number of nitrogen functional groups attached to an aromatic ring is 1. The fourth-order valence-corrected chi connectivity index (χ4v) is 2.68. The van der Waals surface area contributed by atoms with E-state index in [1.54, 1.807) is 6.20 Å². The van der Waals surface area contributed by atoms with Crippen LogP contribution in [0.2, 0.25) is 0 Å². The number of aromatic nitrogens is 1. The minimum absolute atomic E-state index is 0.519. The Kier molecular flexibility index (Phi) is 3.36. The molecule has 0 amide bonds. The topological polar surface area (TPSA) is 65.9 Å². The van der Waals surface area contributed by atoms with Crippen LogP contribution in [0.15, 0.2) is 36.5 Å². The molecule has 2 aromatic rings. The van der Waals surface area contributed by atoms with Crippen molar-refractivity contribution >= 4 is 5.69 Å². The quantitative estimate of drug-likeness (QED) is 0.843. The maximum Gasteiger partial charge on any atom is 0.144 e. The summed E-state index contributed by atoms with van der Waals surface area (Å²) in [7, 11) is 0. The van der Waals surface area contributed by atoms with Gasteiger partial charge < -0.3 is 5.73 Å². The first-order valence-electron chi connectivity index (χ1n) is 6.70. The van der Waals surface area contributed by atoms with Crippen LogP contribution < -0.4 is 5.73 Å². The molecule has 0 saturated heterocycles. The molecule has 4 nitrogen and oxygen atoms in total. The van der Waals surface area contributed by atoms with Crippen molar-refractivity contribution in [2.45, 2.75) is 19.5 Å². The molecule has 1 aromatic carbocycles. The van der Waals surface area contributed by atoms with Crippen molar-refractivity contribution < 1.29 is 0 Å². The van der Waals surface area contributed by atoms with Crippen molar-refractivity contribution in [1.29, 1.82) is 5.26 Å². The normalized spacial score (nSPS) is 14.6. The van der Waals surface area contributed by atoms with Crippen LogP contribution in [-0.2, 0) is 19.5 Å². The van der Waals surface area contributed by atoms with E-state index in [0.717, 1.165) is 37.3 Å². The summed E-state index contributed by atoms with van der Waals surface area (Å²) in [5, 5.41) is 9.09. The van der Waals surface area contributed by atoms with Crippen molar-refractivity contribution in [3.05, 3.63) is 58.9 Å². The van der Waals surface area contributed by atoms with Gasteiger partial charge in [-0.25, -0.2) is 4.98 Å². The van der Waals surface area contributed by atoms with Crippen molar-refractivity contribution in [3.8, 4) is 6.07 Å². The van der Waals surface area contributed by atoms with Gasteiger partial charge in [0.05, 0.1) is 0 Å². The van der Waals surface area contributed by atoms with Crippen LogP contribution in [0.25, 0.3) is 0 Å². The molecule has 0 saturated carbocycles. The minimum Gasteiger partial charge on any atom is -0.399 e. The van der Waals surface area contributed by atoms with Crippen molar-refractivity contribution in [2.75, 3.05) is 12.3 Å². The molecule has 0 bridgehead atoms. The van der Waals surface area contributed by atoms with Gasteiger partial charge in [-0.2, -0.15) is 5.26 Å². The number of nitriles is 1. The average Bonchev–Trinajstić information content (AvgIpc) is 2.47. The van der Waals surface area contributed by atoms with Gasteiger partial charge in [0.15, 0.2) is 0 Å². The summed E-state index contributed by atoms with van der Waals surface area (Å²) >= 11 is 0. The molecule has 0 unspecified atom stereocenters. The smallest absolute Gasteiger partial charge is 0.144 e. The summed E-state index contributed by atoms with van der Waals surface area (Å²) in [6.07, 6.45) is 2.69. The Balaban J connectivity index is 1.79. The van der Waals surface area contributed by atoms with Crippen molar-refractivity contribution in [2.24, 2.45) is 0 Å². The number of anilines is 1. The fourth-order valence-electron chi connectivity index (χ4n) is 2.68. The fraction of sp³-hybridized carbons (Fsp3) is 0.250. The van der Waals surface area contributed by atoms with Gasteiger partial charge in [-0.1, -0.05) is 12.1 Å². The Morgan fingerprint density at radius 1 is 1.30 bits per heavy atom. The second-order valence-electron chi connectivity index (χ2n) is 5.11. The van der Waals surface area contributed by atoms with Crippen LogP contribution in [0.5, 0.6) is 0 Å². The van der Waals surface area contributed by atoms with Gasteiger partial charge in [0.25, 0.3) is 0 Å². The zero-order valence-corrected chi connectivity index (χ0v) is 11.2. The highest BCUT2D eigenvalue weighted by Crippen LogP contribution is 2.23. The number of nitrogens with two attached hydrogens (primary N) is 1. The monoisotopic (exact) mass is 264 g/mol. The molecule has 4 heteroatoms. The lowest BCUT2D eigenvalue weighted by atomic mass is 9.98. The Morgan fingerprint density at radius 3 is 3.05 bits per heavy atom. The highest BCUT2D eigenvalue weighted by Gasteiger charge is 2.17. The lowest BCUT2D eigenvalue weighted by molar-refractivity contribution is 0.245. The molecule has 100 valence electrons. The first-order valence-corrected chi connectivity index (χ1v) is 6.70. The highest BCUT2D eigenvalue weighted by atomic mass is 15.1. The number of hydrogen-bond donors (Lipinski definition) is 1. The Morgan fingerprint density at radius 2 is 2.20 bits per heavy atom. The SMILES string of the molecule is N#Cc1ncccc1CN1CCc2ccc(N)cc2C1. The number of hydrogen-bond acceptors (Lipinski definition) is 4. The Hall–Kier alpha value is -2.38. The van der Waals surface area contributed by atoms with Gasteiger partial charge in [-0.3, -0.25) is 4.90 Å². The summed E-state index contributed by atoms with van der Waals surface area (Å²) < 4.78 is 0. The lowest BCUT2D eigenvalue weighted by Gasteiger charge is -2.29. The maximum absolute atomic E-state index is 9.09. The summed E-state index contributed by atoms with van der Waals surface area (Å²) in [5.41, 5.74) is 10.8. The molecule has 1 aromatic heterocycles. The standard InChI is InChI=1S/C16H16N4/c17-9-16-13(2-1-6-19-16)10-20-7-5-12-3-4-15(18)8-14(12)11-20/h1-4,6,8H,5,7,10-11,18H2.